The summed E-state index contributed by atoms with van der Waals surface area (Å²) in [5, 5.41) is 18.2. The van der Waals surface area contributed by atoms with Gasteiger partial charge in [-0.2, -0.15) is 10.4 Å². The van der Waals surface area contributed by atoms with Gasteiger partial charge in [0.1, 0.15) is 5.65 Å². The molecule has 1 saturated carbocycles. The predicted octanol–water partition coefficient (Wildman–Crippen LogP) is 5.89. The number of aromatic nitrogens is 4. The number of fused-ring (bicyclic) bond motifs is 1. The molecule has 1 atom stereocenters. The summed E-state index contributed by atoms with van der Waals surface area (Å²) in [5.74, 6) is 0. The van der Waals surface area contributed by atoms with Crippen LogP contribution < -0.4 is 10.4 Å². The highest BCUT2D eigenvalue weighted by atomic mass is 31.0. The zero-order valence-corrected chi connectivity index (χ0v) is 25.3. The summed E-state index contributed by atoms with van der Waals surface area (Å²) in [4.78, 5) is 4.51. The molecule has 40 heavy (non-hydrogen) atoms. The third kappa shape index (κ3) is 4.32. The van der Waals surface area contributed by atoms with Crippen molar-refractivity contribution in [2.24, 2.45) is 0 Å². The molecule has 0 aliphatic heterocycles. The maximum absolute atomic E-state index is 9.86. The summed E-state index contributed by atoms with van der Waals surface area (Å²) in [6, 6.07) is 28.0. The van der Waals surface area contributed by atoms with Crippen molar-refractivity contribution in [2.45, 2.75) is 56.7 Å². The van der Waals surface area contributed by atoms with Gasteiger partial charge in [-0.15, -0.1) is 0 Å². The number of pyridine rings is 1. The smallest absolute Gasteiger partial charge is 0.261 e. The molecule has 0 amide bonds. The second-order valence-corrected chi connectivity index (χ2v) is 16.7. The van der Waals surface area contributed by atoms with Gasteiger partial charge in [-0.25, -0.2) is 4.98 Å². The molecule has 0 saturated heterocycles. The average molecular weight is 564 g/mol. The number of benzene rings is 2. The standard InChI is InChI=1S/C32H34N5OPSi/c1-31(2,3)40(26-10-6-4-7-11-26,27-12-8-5-9-13-27)38-25-20-32(21-25,16-17-33)37-23-24(22-35-37)28-14-18-34-30-29(28)15-19-36(30)39/h4-15,18-19,22-23,25H,16,20-21,39H2,1-3H3. The van der Waals surface area contributed by atoms with Crippen molar-refractivity contribution in [3.05, 3.63) is 97.6 Å². The summed E-state index contributed by atoms with van der Waals surface area (Å²) in [6.45, 7) is 6.91. The summed E-state index contributed by atoms with van der Waals surface area (Å²) in [7, 11) is 0.00837. The van der Waals surface area contributed by atoms with E-state index in [9.17, 15) is 5.26 Å². The lowest BCUT2D eigenvalue weighted by Gasteiger charge is -2.52. The van der Waals surface area contributed by atoms with Gasteiger partial charge in [0.15, 0.2) is 0 Å². The molecule has 3 heterocycles. The van der Waals surface area contributed by atoms with E-state index in [0.29, 0.717) is 6.42 Å². The second-order valence-electron chi connectivity index (χ2n) is 11.9. The van der Waals surface area contributed by atoms with Gasteiger partial charge in [-0.3, -0.25) is 4.68 Å². The topological polar surface area (TPSA) is 68.7 Å². The van der Waals surface area contributed by atoms with Gasteiger partial charge in [-0.1, -0.05) is 81.4 Å². The lowest BCUT2D eigenvalue weighted by atomic mass is 9.72. The summed E-state index contributed by atoms with van der Waals surface area (Å²) in [5.41, 5.74) is 2.63. The number of nitriles is 1. The maximum atomic E-state index is 9.86. The molecule has 8 heteroatoms. The molecular formula is C32H34N5OPSi. The maximum Gasteiger partial charge on any atom is 0.261 e. The van der Waals surface area contributed by atoms with Gasteiger partial charge >= 0.3 is 0 Å². The zero-order chi connectivity index (χ0) is 28.0. The number of hydrogen-bond acceptors (Lipinski definition) is 4. The Morgan fingerprint density at radius 1 is 1.02 bits per heavy atom. The molecule has 202 valence electrons. The Morgan fingerprint density at radius 3 is 2.27 bits per heavy atom. The van der Waals surface area contributed by atoms with E-state index in [-0.39, 0.29) is 16.7 Å². The summed E-state index contributed by atoms with van der Waals surface area (Å²) in [6.07, 6.45) is 9.74. The molecule has 1 aliphatic rings. The predicted molar refractivity (Wildman–Crippen MR) is 166 cm³/mol. The molecule has 3 aromatic heterocycles. The molecule has 0 radical (unpaired) electrons. The van der Waals surface area contributed by atoms with E-state index in [4.69, 9.17) is 9.52 Å². The van der Waals surface area contributed by atoms with Gasteiger partial charge in [0, 0.05) is 29.5 Å². The van der Waals surface area contributed by atoms with E-state index in [1.165, 1.54) is 10.4 Å². The van der Waals surface area contributed by atoms with Gasteiger partial charge < -0.3 is 8.76 Å². The Kier molecular flexibility index (Phi) is 6.74. The van der Waals surface area contributed by atoms with Gasteiger partial charge in [0.2, 0.25) is 0 Å². The first-order chi connectivity index (χ1) is 19.3. The van der Waals surface area contributed by atoms with E-state index in [1.54, 1.807) is 0 Å². The first-order valence-electron chi connectivity index (χ1n) is 13.7. The number of nitrogens with zero attached hydrogens (tertiary/aromatic N) is 5. The van der Waals surface area contributed by atoms with Crippen molar-refractivity contribution in [2.75, 3.05) is 0 Å². The molecule has 0 bridgehead atoms. The SMILES string of the molecule is CC(C)(C)[Si](OC1CC(CC#N)(n2cc(-c3ccnc4c3ccn4P)cn2)C1)(c1ccccc1)c1ccccc1. The molecule has 0 spiro atoms. The van der Waals surface area contributed by atoms with E-state index in [1.807, 2.05) is 33.7 Å². The Balaban J connectivity index is 1.34. The van der Waals surface area contributed by atoms with Crippen LogP contribution in [0.15, 0.2) is 97.6 Å². The monoisotopic (exact) mass is 563 g/mol. The van der Waals surface area contributed by atoms with Crippen molar-refractivity contribution >= 4 is 39.1 Å². The molecule has 5 aromatic rings. The average Bonchev–Trinajstić information content (AvgIpc) is 3.58. The zero-order valence-electron chi connectivity index (χ0n) is 23.2. The van der Waals surface area contributed by atoms with Crippen LogP contribution in [0.2, 0.25) is 5.04 Å². The fraction of sp³-hybridized carbons (Fsp3) is 0.281. The van der Waals surface area contributed by atoms with E-state index >= 15 is 0 Å². The lowest BCUT2D eigenvalue weighted by Crippen LogP contribution is -2.69. The van der Waals surface area contributed by atoms with Crippen LogP contribution in [0.5, 0.6) is 0 Å². The van der Waals surface area contributed by atoms with Crippen molar-refractivity contribution < 1.29 is 4.43 Å². The van der Waals surface area contributed by atoms with Crippen LogP contribution >= 0.6 is 9.39 Å². The number of rotatable bonds is 7. The fourth-order valence-electron chi connectivity index (χ4n) is 6.40. The molecule has 6 nitrogen and oxygen atoms in total. The highest BCUT2D eigenvalue weighted by molar-refractivity contribution is 7.14. The van der Waals surface area contributed by atoms with E-state index in [0.717, 1.165) is 35.0 Å². The Morgan fingerprint density at radius 2 is 1.68 bits per heavy atom. The molecule has 1 fully saturated rings. The highest BCUT2D eigenvalue weighted by Gasteiger charge is 2.56. The molecular weight excluding hydrogens is 529 g/mol. The van der Waals surface area contributed by atoms with Crippen LogP contribution in [-0.4, -0.2) is 33.5 Å². The van der Waals surface area contributed by atoms with E-state index < -0.39 is 8.32 Å². The molecule has 6 rings (SSSR count). The van der Waals surface area contributed by atoms with Gasteiger partial charge in [0.05, 0.1) is 30.3 Å². The van der Waals surface area contributed by atoms with Crippen molar-refractivity contribution in [1.29, 1.82) is 5.26 Å². The minimum Gasteiger partial charge on any atom is -0.404 e. The van der Waals surface area contributed by atoms with Gasteiger partial charge in [0.25, 0.3) is 8.32 Å². The van der Waals surface area contributed by atoms with Crippen molar-refractivity contribution in [1.82, 2.24) is 19.1 Å². The largest absolute Gasteiger partial charge is 0.404 e. The molecule has 1 aliphatic carbocycles. The minimum absolute atomic E-state index is 0.0334. The fourth-order valence-corrected chi connectivity index (χ4v) is 11.4. The van der Waals surface area contributed by atoms with Crippen molar-refractivity contribution in [3.8, 4) is 17.2 Å². The third-order valence-electron chi connectivity index (χ3n) is 8.38. The molecule has 0 N–H and O–H groups in total. The second kappa shape index (κ2) is 10.1. The highest BCUT2D eigenvalue weighted by Crippen LogP contribution is 2.48. The first kappa shape index (κ1) is 26.6. The lowest BCUT2D eigenvalue weighted by molar-refractivity contribution is -0.0163. The Hall–Kier alpha value is -3.56. The Bertz CT molecular complexity index is 1640. The quantitative estimate of drug-likeness (QED) is 0.183. The third-order valence-corrected chi connectivity index (χ3v) is 13.9. The van der Waals surface area contributed by atoms with Crippen LogP contribution in [0, 0.1) is 11.3 Å². The van der Waals surface area contributed by atoms with Crippen LogP contribution in [0.25, 0.3) is 22.2 Å². The van der Waals surface area contributed by atoms with Crippen LogP contribution in [0.3, 0.4) is 0 Å². The van der Waals surface area contributed by atoms with Crippen LogP contribution in [0.1, 0.15) is 40.0 Å². The van der Waals surface area contributed by atoms with E-state index in [2.05, 4.69) is 114 Å². The van der Waals surface area contributed by atoms with Crippen LogP contribution in [0.4, 0.5) is 0 Å². The molecule has 2 aromatic carbocycles. The van der Waals surface area contributed by atoms with Crippen LogP contribution in [-0.2, 0) is 9.96 Å². The summed E-state index contributed by atoms with van der Waals surface area (Å²) >= 11 is 0. The first-order valence-corrected chi connectivity index (χ1v) is 16.1. The van der Waals surface area contributed by atoms with Gasteiger partial charge in [-0.05, 0) is 55.3 Å². The summed E-state index contributed by atoms with van der Waals surface area (Å²) < 4.78 is 11.3. The number of hydrogen-bond donors (Lipinski definition) is 0. The molecule has 1 unspecified atom stereocenters. The minimum atomic E-state index is -2.67. The Labute approximate surface area is 239 Å². The van der Waals surface area contributed by atoms with Crippen molar-refractivity contribution in [3.63, 3.8) is 0 Å². The normalized spacial score (nSPS) is 19.3.